The Labute approximate surface area is 226 Å². The molecule has 1 aromatic carbocycles. The Balaban J connectivity index is 1.54. The second-order valence-corrected chi connectivity index (χ2v) is 14.0. The lowest BCUT2D eigenvalue weighted by atomic mass is 9.96. The molecule has 0 bridgehead atoms. The van der Waals surface area contributed by atoms with Crippen molar-refractivity contribution in [1.29, 1.82) is 0 Å². The number of carbonyl (C=O) groups is 1. The predicted molar refractivity (Wildman–Crippen MR) is 150 cm³/mol. The average Bonchev–Trinajstić information content (AvgIpc) is 3.48. The minimum absolute atomic E-state index is 0.0341. The molecule has 1 aliphatic heterocycles. The van der Waals surface area contributed by atoms with Gasteiger partial charge in [-0.2, -0.15) is 4.31 Å². The van der Waals surface area contributed by atoms with E-state index in [4.69, 9.17) is 16.6 Å². The van der Waals surface area contributed by atoms with Gasteiger partial charge >= 0.3 is 0 Å². The number of benzene rings is 1. The Morgan fingerprint density at radius 1 is 1.11 bits per heavy atom. The maximum Gasteiger partial charge on any atom is 0.252 e. The molecule has 0 N–H and O–H groups in total. The van der Waals surface area contributed by atoms with E-state index < -0.39 is 10.0 Å². The summed E-state index contributed by atoms with van der Waals surface area (Å²) in [7, 11) is -3.59. The van der Waals surface area contributed by atoms with Crippen LogP contribution in [0.5, 0.6) is 0 Å². The van der Waals surface area contributed by atoms with Crippen molar-refractivity contribution in [3.8, 4) is 0 Å². The van der Waals surface area contributed by atoms with Crippen molar-refractivity contribution >= 4 is 65.6 Å². The SMILES string of the molecule is CCN(CC)CCN(C(=O)C1CCN(S(=O)(=O)c2ccc(Cl)s2)CC1)c1nc2cc(C)cc(C)c2s1. The molecule has 0 atom stereocenters. The monoisotopic (exact) mass is 568 g/mol. The van der Waals surface area contributed by atoms with E-state index in [9.17, 15) is 13.2 Å². The molecule has 2 aromatic heterocycles. The van der Waals surface area contributed by atoms with Gasteiger partial charge in [-0.3, -0.25) is 9.69 Å². The Morgan fingerprint density at radius 3 is 2.42 bits per heavy atom. The highest BCUT2D eigenvalue weighted by Gasteiger charge is 2.35. The van der Waals surface area contributed by atoms with Gasteiger partial charge < -0.3 is 4.90 Å². The minimum Gasteiger partial charge on any atom is -0.302 e. The van der Waals surface area contributed by atoms with Gasteiger partial charge in [-0.25, -0.2) is 13.4 Å². The third kappa shape index (κ3) is 5.79. The van der Waals surface area contributed by atoms with Gasteiger partial charge in [0, 0.05) is 32.1 Å². The number of thiophene rings is 1. The number of likely N-dealkylation sites (N-methyl/N-ethyl adjacent to an activating group) is 1. The number of rotatable bonds is 9. The summed E-state index contributed by atoms with van der Waals surface area (Å²) in [5.41, 5.74) is 3.24. The smallest absolute Gasteiger partial charge is 0.252 e. The molecule has 196 valence electrons. The van der Waals surface area contributed by atoms with Crippen LogP contribution in [-0.4, -0.2) is 67.8 Å². The second kappa shape index (κ2) is 11.4. The third-order valence-electron chi connectivity index (χ3n) is 6.79. The molecule has 0 radical (unpaired) electrons. The van der Waals surface area contributed by atoms with Gasteiger partial charge in [-0.05, 0) is 69.1 Å². The van der Waals surface area contributed by atoms with Gasteiger partial charge in [0.05, 0.1) is 14.6 Å². The largest absolute Gasteiger partial charge is 0.302 e. The van der Waals surface area contributed by atoms with E-state index in [2.05, 4.69) is 44.7 Å². The van der Waals surface area contributed by atoms with Crippen molar-refractivity contribution < 1.29 is 13.2 Å². The summed E-state index contributed by atoms with van der Waals surface area (Å²) in [5, 5.41) is 0.721. The Morgan fingerprint density at radius 2 is 1.81 bits per heavy atom. The van der Waals surface area contributed by atoms with Gasteiger partial charge in [-0.1, -0.05) is 42.9 Å². The normalized spacial score (nSPS) is 15.7. The molecule has 36 heavy (non-hydrogen) atoms. The highest BCUT2D eigenvalue weighted by atomic mass is 35.5. The molecular weight excluding hydrogens is 536 g/mol. The van der Waals surface area contributed by atoms with Gasteiger partial charge in [-0.15, -0.1) is 11.3 Å². The van der Waals surface area contributed by atoms with Crippen molar-refractivity contribution in [2.24, 2.45) is 5.92 Å². The fourth-order valence-corrected chi connectivity index (χ4v) is 8.84. The quantitative estimate of drug-likeness (QED) is 0.345. The first-order valence-electron chi connectivity index (χ1n) is 12.3. The van der Waals surface area contributed by atoms with Gasteiger partial charge in [0.25, 0.3) is 10.0 Å². The van der Waals surface area contributed by atoms with E-state index in [1.54, 1.807) is 23.5 Å². The number of amides is 1. The third-order valence-corrected chi connectivity index (χ3v) is 11.6. The minimum atomic E-state index is -3.59. The maximum absolute atomic E-state index is 13.8. The molecule has 0 saturated carbocycles. The summed E-state index contributed by atoms with van der Waals surface area (Å²) in [6.07, 6.45) is 0.976. The molecule has 1 aliphatic rings. The van der Waals surface area contributed by atoms with Crippen LogP contribution in [0, 0.1) is 19.8 Å². The average molecular weight is 569 g/mol. The number of aromatic nitrogens is 1. The summed E-state index contributed by atoms with van der Waals surface area (Å²) < 4.78 is 29.3. The van der Waals surface area contributed by atoms with Crippen LogP contribution >= 0.6 is 34.3 Å². The standard InChI is InChI=1S/C25H33ClN4O3S3/c1-5-28(6-2)13-14-30(25-27-20-16-17(3)15-18(4)23(20)35-25)24(31)19-9-11-29(12-10-19)36(32,33)22-8-7-21(26)34-22/h7-8,15-16,19H,5-6,9-14H2,1-4H3. The molecule has 3 aromatic rings. The number of halogens is 1. The highest BCUT2D eigenvalue weighted by Crippen LogP contribution is 2.35. The number of nitrogens with zero attached hydrogens (tertiary/aromatic N) is 4. The zero-order valence-corrected chi connectivity index (χ0v) is 24.4. The molecule has 7 nitrogen and oxygen atoms in total. The van der Waals surface area contributed by atoms with E-state index in [1.165, 1.54) is 4.31 Å². The van der Waals surface area contributed by atoms with Crippen molar-refractivity contribution in [1.82, 2.24) is 14.2 Å². The zero-order chi connectivity index (χ0) is 26.0. The number of fused-ring (bicyclic) bond motifs is 1. The van der Waals surface area contributed by atoms with Gasteiger partial charge in [0.2, 0.25) is 5.91 Å². The van der Waals surface area contributed by atoms with Gasteiger partial charge in [0.15, 0.2) is 5.13 Å². The number of hydrogen-bond donors (Lipinski definition) is 0. The summed E-state index contributed by atoms with van der Waals surface area (Å²) >= 11 is 8.59. The summed E-state index contributed by atoms with van der Waals surface area (Å²) in [6.45, 7) is 12.2. The molecule has 1 amide bonds. The van der Waals surface area contributed by atoms with Crippen LogP contribution in [-0.2, 0) is 14.8 Å². The van der Waals surface area contributed by atoms with E-state index >= 15 is 0 Å². The number of anilines is 1. The number of thiazole rings is 1. The van der Waals surface area contributed by atoms with E-state index in [0.717, 1.165) is 57.4 Å². The number of hydrogen-bond acceptors (Lipinski definition) is 7. The Kier molecular flexibility index (Phi) is 8.74. The Bertz CT molecular complexity index is 1330. The van der Waals surface area contributed by atoms with Crippen LogP contribution < -0.4 is 4.90 Å². The van der Waals surface area contributed by atoms with Crippen molar-refractivity contribution in [3.63, 3.8) is 0 Å². The van der Waals surface area contributed by atoms with Crippen molar-refractivity contribution in [2.45, 2.75) is 44.7 Å². The first-order valence-corrected chi connectivity index (χ1v) is 15.8. The fourth-order valence-electron chi connectivity index (χ4n) is 4.69. The van der Waals surface area contributed by atoms with Crippen molar-refractivity contribution in [3.05, 3.63) is 39.7 Å². The predicted octanol–water partition coefficient (Wildman–Crippen LogP) is 5.40. The van der Waals surface area contributed by atoms with Crippen LogP contribution in [0.1, 0.15) is 37.8 Å². The number of piperidine rings is 1. The molecule has 0 spiro atoms. The van der Waals surface area contributed by atoms with E-state index in [-0.39, 0.29) is 16.0 Å². The highest BCUT2D eigenvalue weighted by molar-refractivity contribution is 7.91. The lowest BCUT2D eigenvalue weighted by Gasteiger charge is -2.33. The van der Waals surface area contributed by atoms with Crippen LogP contribution in [0.2, 0.25) is 4.34 Å². The number of aryl methyl sites for hydroxylation is 2. The topological polar surface area (TPSA) is 73.8 Å². The molecule has 1 fully saturated rings. The lowest BCUT2D eigenvalue weighted by molar-refractivity contribution is -0.123. The van der Waals surface area contributed by atoms with E-state index in [0.29, 0.717) is 36.8 Å². The molecule has 3 heterocycles. The lowest BCUT2D eigenvalue weighted by Crippen LogP contribution is -2.46. The molecule has 0 aliphatic carbocycles. The number of carbonyl (C=O) groups excluding carboxylic acids is 1. The van der Waals surface area contributed by atoms with Crippen molar-refractivity contribution in [2.75, 3.05) is 44.2 Å². The number of sulfonamides is 1. The first kappa shape index (κ1) is 27.5. The fraction of sp³-hybridized carbons (Fsp3) is 0.520. The molecule has 1 saturated heterocycles. The molecular formula is C25H33ClN4O3S3. The molecule has 0 unspecified atom stereocenters. The van der Waals surface area contributed by atoms with Crippen LogP contribution in [0.4, 0.5) is 5.13 Å². The first-order chi connectivity index (χ1) is 17.1. The summed E-state index contributed by atoms with van der Waals surface area (Å²) in [4.78, 5) is 22.8. The second-order valence-electron chi connectivity index (χ2n) is 9.18. The van der Waals surface area contributed by atoms with Crippen LogP contribution in [0.15, 0.2) is 28.5 Å². The van der Waals surface area contributed by atoms with Crippen LogP contribution in [0.3, 0.4) is 0 Å². The zero-order valence-electron chi connectivity index (χ0n) is 21.2. The van der Waals surface area contributed by atoms with Gasteiger partial charge in [0.1, 0.15) is 4.21 Å². The summed E-state index contributed by atoms with van der Waals surface area (Å²) in [5.74, 6) is -0.207. The molecule has 11 heteroatoms. The Hall–Kier alpha value is -1.56. The summed E-state index contributed by atoms with van der Waals surface area (Å²) in [6, 6.07) is 7.36. The maximum atomic E-state index is 13.8. The van der Waals surface area contributed by atoms with Crippen LogP contribution in [0.25, 0.3) is 10.2 Å². The molecule has 4 rings (SSSR count). The van der Waals surface area contributed by atoms with E-state index in [1.807, 2.05) is 4.90 Å².